The lowest BCUT2D eigenvalue weighted by Gasteiger charge is -2.30. The molecule has 2 heteroatoms. The van der Waals surface area contributed by atoms with Crippen LogP contribution in [0.5, 0.6) is 0 Å². The summed E-state index contributed by atoms with van der Waals surface area (Å²) in [5.74, 6) is 0. The number of hydrogen-bond donors (Lipinski definition) is 0. The van der Waals surface area contributed by atoms with Crippen LogP contribution in [0.2, 0.25) is 0 Å². The van der Waals surface area contributed by atoms with Gasteiger partial charge in [0.05, 0.1) is 11.8 Å². The van der Waals surface area contributed by atoms with Crippen molar-refractivity contribution in [2.75, 3.05) is 0 Å². The second-order valence-electron chi connectivity index (χ2n) is 18.4. The molecule has 67 heavy (non-hydrogen) atoms. The van der Waals surface area contributed by atoms with Gasteiger partial charge in [0.1, 0.15) is 0 Å². The van der Waals surface area contributed by atoms with Gasteiger partial charge in [-0.15, -0.1) is 11.3 Å². The maximum atomic E-state index is 5.68. The summed E-state index contributed by atoms with van der Waals surface area (Å²) < 4.78 is 2.64. The van der Waals surface area contributed by atoms with Crippen molar-refractivity contribution in [2.45, 2.75) is 25.3 Å². The lowest BCUT2D eigenvalue weighted by Crippen LogP contribution is -2.23. The van der Waals surface area contributed by atoms with Crippen LogP contribution in [-0.4, -0.2) is 5.71 Å². The van der Waals surface area contributed by atoms with Gasteiger partial charge in [-0.3, -0.25) is 4.99 Å². The van der Waals surface area contributed by atoms with Crippen LogP contribution in [-0.2, 0) is 5.41 Å². The number of aliphatic imine (C=N–C) groups is 1. The summed E-state index contributed by atoms with van der Waals surface area (Å²) in [6, 6.07) is 80.5. The van der Waals surface area contributed by atoms with Gasteiger partial charge in [-0.25, -0.2) is 0 Å². The summed E-state index contributed by atoms with van der Waals surface area (Å²) in [6.45, 7) is 4.77. The summed E-state index contributed by atoms with van der Waals surface area (Å²) in [7, 11) is 0. The Hall–Kier alpha value is -7.91. The molecule has 316 valence electrons. The number of benzene rings is 10. The second-order valence-corrected chi connectivity index (χ2v) is 19.4. The fourth-order valence-corrected chi connectivity index (χ4v) is 12.3. The lowest BCUT2D eigenvalue weighted by molar-refractivity contribution is 0.724. The van der Waals surface area contributed by atoms with E-state index < -0.39 is 5.41 Å². The predicted molar refractivity (Wildman–Crippen MR) is 287 cm³/mol. The van der Waals surface area contributed by atoms with E-state index in [1.54, 1.807) is 0 Å². The van der Waals surface area contributed by atoms with E-state index in [-0.39, 0.29) is 6.04 Å². The van der Waals surface area contributed by atoms with E-state index in [0.29, 0.717) is 0 Å². The number of nitrogens with zero attached hydrogens (tertiary/aromatic N) is 1. The van der Waals surface area contributed by atoms with Gasteiger partial charge in [-0.05, 0) is 150 Å². The molecule has 1 aromatic heterocycles. The number of fused-ring (bicyclic) bond motifs is 8. The zero-order valence-electron chi connectivity index (χ0n) is 37.4. The number of hydrogen-bond acceptors (Lipinski definition) is 2. The van der Waals surface area contributed by atoms with Crippen LogP contribution in [0.25, 0.3) is 80.7 Å². The third kappa shape index (κ3) is 6.47. The Balaban J connectivity index is 1.04. The fraction of sp³-hybridized carbons (Fsp3) is 0.0615. The molecule has 0 saturated heterocycles. The molecule has 0 fully saturated rings. The highest BCUT2D eigenvalue weighted by Crippen LogP contribution is 2.57. The van der Waals surface area contributed by atoms with E-state index in [2.05, 4.69) is 244 Å². The smallest absolute Gasteiger partial charge is 0.0941 e. The maximum Gasteiger partial charge on any atom is 0.0941 e. The molecule has 0 amide bonds. The van der Waals surface area contributed by atoms with Gasteiger partial charge in [0, 0.05) is 31.2 Å². The molecule has 0 bridgehead atoms. The molecule has 0 saturated carbocycles. The molecule has 1 aliphatic carbocycles. The molecule has 1 aliphatic heterocycles. The largest absolute Gasteiger partial charge is 0.272 e. The lowest BCUT2D eigenvalue weighted by atomic mass is 9.72. The molecule has 0 radical (unpaired) electrons. The molecule has 0 N–H and O–H groups in total. The van der Waals surface area contributed by atoms with E-state index in [0.717, 1.165) is 22.4 Å². The maximum absolute atomic E-state index is 5.68. The van der Waals surface area contributed by atoms with Crippen molar-refractivity contribution in [3.05, 3.63) is 269 Å². The zero-order chi connectivity index (χ0) is 44.6. The summed E-state index contributed by atoms with van der Waals surface area (Å²) in [6.07, 6.45) is 4.68. The van der Waals surface area contributed by atoms with Gasteiger partial charge in [-0.2, -0.15) is 0 Å². The van der Waals surface area contributed by atoms with Crippen LogP contribution >= 0.6 is 11.3 Å². The second kappa shape index (κ2) is 15.6. The van der Waals surface area contributed by atoms with Crippen molar-refractivity contribution < 1.29 is 0 Å². The minimum Gasteiger partial charge on any atom is -0.272 e. The van der Waals surface area contributed by atoms with Crippen LogP contribution in [0, 0.1) is 0 Å². The highest BCUT2D eigenvalue weighted by Gasteiger charge is 2.43. The Kier molecular flexibility index (Phi) is 9.20. The standard InChI is InChI=1S/C65H45NS/c1-41-53(33-34-61(46-29-25-44(26-30-46)42-15-5-3-6-16-42)66-63(41)47-31-27-45(28-32-47)43-17-7-4-8-18-43)52-37-57-54-23-13-14-24-62(54)67-64(57)60(40-52)65(2)58-38-50-21-11-9-19-48(50)35-55(58)56-36-49-20-10-12-22-51(49)39-59(56)65/h3-40,61H,1-2H3/t61-/m0/s1. The van der Waals surface area contributed by atoms with Gasteiger partial charge in [0.25, 0.3) is 0 Å². The number of allylic oxidation sites excluding steroid dienone is 3. The van der Waals surface area contributed by atoms with E-state index in [1.165, 1.54) is 103 Å². The molecule has 10 aromatic carbocycles. The van der Waals surface area contributed by atoms with Gasteiger partial charge in [-0.1, -0.05) is 188 Å². The van der Waals surface area contributed by atoms with Crippen molar-refractivity contribution in [1.29, 1.82) is 0 Å². The summed E-state index contributed by atoms with van der Waals surface area (Å²) >= 11 is 1.93. The molecule has 11 aromatic rings. The van der Waals surface area contributed by atoms with Gasteiger partial charge >= 0.3 is 0 Å². The third-order valence-corrected chi connectivity index (χ3v) is 15.8. The summed E-state index contributed by atoms with van der Waals surface area (Å²) in [4.78, 5) is 5.68. The fourth-order valence-electron chi connectivity index (χ4n) is 11.0. The first kappa shape index (κ1) is 39.5. The van der Waals surface area contributed by atoms with Crippen LogP contribution < -0.4 is 0 Å². The van der Waals surface area contributed by atoms with Crippen molar-refractivity contribution in [2.24, 2.45) is 4.99 Å². The topological polar surface area (TPSA) is 12.4 Å². The van der Waals surface area contributed by atoms with E-state index >= 15 is 0 Å². The van der Waals surface area contributed by atoms with Crippen molar-refractivity contribution in [1.82, 2.24) is 0 Å². The van der Waals surface area contributed by atoms with Crippen LogP contribution in [0.15, 0.2) is 241 Å². The third-order valence-electron chi connectivity index (χ3n) is 14.6. The Labute approximate surface area is 395 Å². The molecule has 2 heterocycles. The summed E-state index contributed by atoms with van der Waals surface area (Å²) in [5, 5.41) is 7.65. The normalized spacial score (nSPS) is 15.3. The minimum absolute atomic E-state index is 0.182. The monoisotopic (exact) mass is 871 g/mol. The molecule has 0 spiro atoms. The van der Waals surface area contributed by atoms with Gasteiger partial charge < -0.3 is 0 Å². The first-order chi connectivity index (χ1) is 33.0. The van der Waals surface area contributed by atoms with Gasteiger partial charge in [0.15, 0.2) is 0 Å². The van der Waals surface area contributed by atoms with Crippen molar-refractivity contribution in [3.8, 4) is 33.4 Å². The Bertz CT molecular complexity index is 3760. The van der Waals surface area contributed by atoms with Crippen molar-refractivity contribution >= 4 is 64.3 Å². The van der Waals surface area contributed by atoms with Gasteiger partial charge in [0.2, 0.25) is 0 Å². The Morgan fingerprint density at radius 3 is 1.52 bits per heavy atom. The quantitative estimate of drug-likeness (QED) is 0.158. The van der Waals surface area contributed by atoms with Crippen LogP contribution in [0.3, 0.4) is 0 Å². The molecule has 0 unspecified atom stereocenters. The SMILES string of the molecule is CC1=C(c2cc(C3(C)c4cc5ccccc5cc4-c4cc5ccccc5cc43)c3sc4ccccc4c3c2)C=C[C@@H](c2ccc(-c3ccccc3)cc2)N=C1c1ccc(-c2ccccc2)cc1. The highest BCUT2D eigenvalue weighted by atomic mass is 32.1. The molecule has 13 rings (SSSR count). The number of thiophene rings is 1. The van der Waals surface area contributed by atoms with Crippen LogP contribution in [0.1, 0.15) is 53.3 Å². The first-order valence-electron chi connectivity index (χ1n) is 23.3. The average molecular weight is 872 g/mol. The van der Waals surface area contributed by atoms with E-state index in [4.69, 9.17) is 4.99 Å². The Morgan fingerprint density at radius 2 is 0.925 bits per heavy atom. The highest BCUT2D eigenvalue weighted by molar-refractivity contribution is 7.26. The molecular formula is C65H45NS. The van der Waals surface area contributed by atoms with Crippen molar-refractivity contribution in [3.63, 3.8) is 0 Å². The molecule has 1 atom stereocenters. The van der Waals surface area contributed by atoms with E-state index in [1.807, 2.05) is 11.3 Å². The summed E-state index contributed by atoms with van der Waals surface area (Å²) in [5.41, 5.74) is 17.9. The molecule has 1 nitrogen and oxygen atoms in total. The molecular weight excluding hydrogens is 827 g/mol. The minimum atomic E-state index is -0.454. The van der Waals surface area contributed by atoms with E-state index in [9.17, 15) is 0 Å². The predicted octanol–water partition coefficient (Wildman–Crippen LogP) is 17.6. The number of rotatable bonds is 6. The average Bonchev–Trinajstić information content (AvgIpc) is 3.81. The Morgan fingerprint density at radius 1 is 0.433 bits per heavy atom. The first-order valence-corrected chi connectivity index (χ1v) is 24.1. The molecule has 2 aliphatic rings. The van der Waals surface area contributed by atoms with Crippen LogP contribution in [0.4, 0.5) is 0 Å². The zero-order valence-corrected chi connectivity index (χ0v) is 38.2.